The van der Waals surface area contributed by atoms with E-state index in [0.29, 0.717) is 17.0 Å². The molecule has 1 aromatic rings. The minimum Gasteiger partial charge on any atom is -0.271 e. The molecule has 1 saturated carbocycles. The molecule has 0 bridgehead atoms. The summed E-state index contributed by atoms with van der Waals surface area (Å²) >= 11 is 0. The van der Waals surface area contributed by atoms with Gasteiger partial charge in [-0.05, 0) is 30.9 Å². The van der Waals surface area contributed by atoms with Crippen molar-refractivity contribution in [2.24, 2.45) is 5.92 Å². The minimum absolute atomic E-state index is 0.113. The van der Waals surface area contributed by atoms with Gasteiger partial charge >= 0.3 is 0 Å². The van der Waals surface area contributed by atoms with Gasteiger partial charge < -0.3 is 0 Å². The first-order valence-electron chi connectivity index (χ1n) is 6.65. The fourth-order valence-electron chi connectivity index (χ4n) is 2.61. The van der Waals surface area contributed by atoms with Crippen molar-refractivity contribution in [2.75, 3.05) is 0 Å². The lowest BCUT2D eigenvalue weighted by atomic mass is 9.81. The highest BCUT2D eigenvalue weighted by Gasteiger charge is 2.43. The summed E-state index contributed by atoms with van der Waals surface area (Å²) in [5.74, 6) is 0.407. The first-order chi connectivity index (χ1) is 8.68. The molecule has 0 aromatic heterocycles. The topological polar surface area (TPSA) is 37.4 Å². The van der Waals surface area contributed by atoms with Crippen molar-refractivity contribution in [1.29, 1.82) is 0 Å². The van der Waals surface area contributed by atoms with Crippen LogP contribution in [-0.4, -0.2) is 22.8 Å². The van der Waals surface area contributed by atoms with E-state index < -0.39 is 0 Å². The van der Waals surface area contributed by atoms with Gasteiger partial charge in [-0.25, -0.2) is 0 Å². The van der Waals surface area contributed by atoms with Gasteiger partial charge in [-0.2, -0.15) is 0 Å². The summed E-state index contributed by atoms with van der Waals surface area (Å²) in [6.07, 6.45) is 1.90. The maximum absolute atomic E-state index is 12.1. The Morgan fingerprint density at radius 3 is 1.83 bits per heavy atom. The molecule has 0 radical (unpaired) electrons. The summed E-state index contributed by atoms with van der Waals surface area (Å²) in [7, 11) is 0. The molecule has 1 aromatic carbocycles. The Morgan fingerprint density at radius 2 is 1.44 bits per heavy atom. The van der Waals surface area contributed by atoms with Crippen LogP contribution in [-0.2, 0) is 0 Å². The predicted molar refractivity (Wildman–Crippen MR) is 70.5 cm³/mol. The standard InChI is InChI=1S/C13H13NO2.C2H6/c1-8-6-9(7-8)14-12(15)10-4-2-3-5-11(10)13(14)16;1-2/h2-5,8-9H,6-7H2,1H3;1-2H3. The van der Waals surface area contributed by atoms with Crippen LogP contribution in [0.4, 0.5) is 0 Å². The van der Waals surface area contributed by atoms with Crippen molar-refractivity contribution in [3.8, 4) is 0 Å². The Morgan fingerprint density at radius 1 is 1.00 bits per heavy atom. The largest absolute Gasteiger partial charge is 0.271 e. The Kier molecular flexibility index (Phi) is 3.50. The summed E-state index contributed by atoms with van der Waals surface area (Å²) in [5, 5.41) is 0. The van der Waals surface area contributed by atoms with E-state index in [-0.39, 0.29) is 17.9 Å². The fraction of sp³-hybridized carbons (Fsp3) is 0.467. The third kappa shape index (κ3) is 1.84. The van der Waals surface area contributed by atoms with E-state index in [1.807, 2.05) is 13.8 Å². The highest BCUT2D eigenvalue weighted by Crippen LogP contribution is 2.36. The maximum atomic E-state index is 12.1. The van der Waals surface area contributed by atoms with Gasteiger partial charge in [0.25, 0.3) is 11.8 Å². The van der Waals surface area contributed by atoms with E-state index in [2.05, 4.69) is 6.92 Å². The van der Waals surface area contributed by atoms with Crippen LogP contribution in [0.25, 0.3) is 0 Å². The number of benzene rings is 1. The van der Waals surface area contributed by atoms with E-state index in [1.54, 1.807) is 24.3 Å². The molecule has 1 aliphatic heterocycles. The second kappa shape index (κ2) is 4.92. The Balaban J connectivity index is 0.000000574. The lowest BCUT2D eigenvalue weighted by Gasteiger charge is -2.38. The van der Waals surface area contributed by atoms with Crippen LogP contribution in [0.5, 0.6) is 0 Å². The van der Waals surface area contributed by atoms with E-state index >= 15 is 0 Å². The van der Waals surface area contributed by atoms with E-state index in [9.17, 15) is 9.59 Å². The number of nitrogens with zero attached hydrogens (tertiary/aromatic N) is 1. The number of imide groups is 1. The molecule has 96 valence electrons. The molecule has 0 saturated heterocycles. The summed E-state index contributed by atoms with van der Waals surface area (Å²) in [6.45, 7) is 6.15. The monoisotopic (exact) mass is 245 g/mol. The first-order valence-corrected chi connectivity index (χ1v) is 6.65. The molecule has 2 aliphatic rings. The van der Waals surface area contributed by atoms with Crippen molar-refractivity contribution < 1.29 is 9.59 Å². The minimum atomic E-state index is -0.113. The molecular formula is C15H19NO2. The van der Waals surface area contributed by atoms with Gasteiger partial charge in [0, 0.05) is 6.04 Å². The van der Waals surface area contributed by atoms with Crippen LogP contribution in [0.1, 0.15) is 54.3 Å². The van der Waals surface area contributed by atoms with Gasteiger partial charge in [-0.1, -0.05) is 32.9 Å². The first kappa shape index (κ1) is 12.8. The Hall–Kier alpha value is -1.64. The SMILES string of the molecule is CC.CC1CC(N2C(=O)c3ccccc3C2=O)C1. The smallest absolute Gasteiger partial charge is 0.261 e. The number of rotatable bonds is 1. The quantitative estimate of drug-likeness (QED) is 0.713. The van der Waals surface area contributed by atoms with Crippen molar-refractivity contribution >= 4 is 11.8 Å². The molecule has 1 heterocycles. The van der Waals surface area contributed by atoms with Crippen LogP contribution in [0, 0.1) is 5.92 Å². The van der Waals surface area contributed by atoms with Crippen molar-refractivity contribution in [2.45, 2.75) is 39.7 Å². The van der Waals surface area contributed by atoms with E-state index in [4.69, 9.17) is 0 Å². The van der Waals surface area contributed by atoms with Crippen LogP contribution < -0.4 is 0 Å². The molecule has 1 aliphatic carbocycles. The van der Waals surface area contributed by atoms with E-state index in [0.717, 1.165) is 12.8 Å². The molecule has 3 nitrogen and oxygen atoms in total. The summed E-state index contributed by atoms with van der Waals surface area (Å²) in [4.78, 5) is 25.6. The normalized spacial score (nSPS) is 25.2. The van der Waals surface area contributed by atoms with Gasteiger partial charge in [0.2, 0.25) is 0 Å². The molecule has 3 heteroatoms. The molecule has 1 fully saturated rings. The van der Waals surface area contributed by atoms with Crippen LogP contribution in [0.15, 0.2) is 24.3 Å². The Bertz CT molecular complexity index is 440. The average molecular weight is 245 g/mol. The molecule has 3 rings (SSSR count). The Labute approximate surface area is 108 Å². The molecule has 18 heavy (non-hydrogen) atoms. The zero-order valence-corrected chi connectivity index (χ0v) is 11.1. The highest BCUT2D eigenvalue weighted by molar-refractivity contribution is 6.21. The second-order valence-corrected chi connectivity index (χ2v) is 4.76. The lowest BCUT2D eigenvalue weighted by molar-refractivity contribution is 0.0436. The second-order valence-electron chi connectivity index (χ2n) is 4.76. The zero-order chi connectivity index (χ0) is 13.3. The van der Waals surface area contributed by atoms with Gasteiger partial charge in [0.15, 0.2) is 0 Å². The molecule has 0 N–H and O–H groups in total. The highest BCUT2D eigenvalue weighted by atomic mass is 16.2. The maximum Gasteiger partial charge on any atom is 0.261 e. The average Bonchev–Trinajstić information content (AvgIpc) is 2.62. The molecule has 0 atom stereocenters. The molecule has 2 amide bonds. The van der Waals surface area contributed by atoms with Crippen molar-refractivity contribution in [3.63, 3.8) is 0 Å². The molecule has 0 unspecified atom stereocenters. The molecule has 0 spiro atoms. The number of fused-ring (bicyclic) bond motifs is 1. The van der Waals surface area contributed by atoms with Gasteiger partial charge in [0.1, 0.15) is 0 Å². The van der Waals surface area contributed by atoms with Gasteiger partial charge in [-0.15, -0.1) is 0 Å². The number of hydrogen-bond acceptors (Lipinski definition) is 2. The van der Waals surface area contributed by atoms with Crippen LogP contribution >= 0.6 is 0 Å². The third-order valence-electron chi connectivity index (χ3n) is 3.54. The summed E-state index contributed by atoms with van der Waals surface area (Å²) < 4.78 is 0. The summed E-state index contributed by atoms with van der Waals surface area (Å²) in [6, 6.07) is 7.20. The fourth-order valence-corrected chi connectivity index (χ4v) is 2.61. The van der Waals surface area contributed by atoms with Crippen LogP contribution in [0.3, 0.4) is 0 Å². The number of amides is 2. The van der Waals surface area contributed by atoms with Crippen LogP contribution in [0.2, 0.25) is 0 Å². The number of hydrogen-bond donors (Lipinski definition) is 0. The summed E-state index contributed by atoms with van der Waals surface area (Å²) in [5.41, 5.74) is 1.12. The third-order valence-corrected chi connectivity index (χ3v) is 3.54. The lowest BCUT2D eigenvalue weighted by Crippen LogP contribution is -2.46. The number of carbonyl (C=O) groups is 2. The van der Waals surface area contributed by atoms with Gasteiger partial charge in [-0.3, -0.25) is 14.5 Å². The van der Waals surface area contributed by atoms with Crippen molar-refractivity contribution in [3.05, 3.63) is 35.4 Å². The predicted octanol–water partition coefficient (Wildman–Crippen LogP) is 3.11. The number of carbonyl (C=O) groups excluding carboxylic acids is 2. The van der Waals surface area contributed by atoms with Crippen molar-refractivity contribution in [1.82, 2.24) is 4.90 Å². The molecular weight excluding hydrogens is 226 g/mol. The van der Waals surface area contributed by atoms with Gasteiger partial charge in [0.05, 0.1) is 11.1 Å². The van der Waals surface area contributed by atoms with E-state index in [1.165, 1.54) is 4.90 Å². The zero-order valence-electron chi connectivity index (χ0n) is 11.1.